The molecular formula is C10H14N2O2. The van der Waals surface area contributed by atoms with E-state index in [1.807, 2.05) is 0 Å². The van der Waals surface area contributed by atoms with Crippen LogP contribution in [-0.2, 0) is 0 Å². The normalized spacial score (nSPS) is 21.0. The number of hydrogen-bond donors (Lipinski definition) is 2. The summed E-state index contributed by atoms with van der Waals surface area (Å²) in [5.41, 5.74) is -0.0605. The maximum Gasteiger partial charge on any atom is 0.223 e. The van der Waals surface area contributed by atoms with Gasteiger partial charge in [-0.3, -0.25) is 4.79 Å². The summed E-state index contributed by atoms with van der Waals surface area (Å²) in [5, 5.41) is 3.26. The monoisotopic (exact) mass is 194 g/mol. The highest BCUT2D eigenvalue weighted by atomic mass is 16.5. The van der Waals surface area contributed by atoms with Crippen molar-refractivity contribution in [2.24, 2.45) is 5.92 Å². The Morgan fingerprint density at radius 3 is 3.21 bits per heavy atom. The lowest BCUT2D eigenvalue weighted by Gasteiger charge is -2.09. The SMILES string of the molecule is O=c1cc[nH]cc1OCC1CCNC1. The molecular weight excluding hydrogens is 180 g/mol. The number of rotatable bonds is 3. The molecule has 0 spiro atoms. The molecule has 14 heavy (non-hydrogen) atoms. The van der Waals surface area contributed by atoms with E-state index >= 15 is 0 Å². The number of pyridine rings is 1. The van der Waals surface area contributed by atoms with Crippen LogP contribution in [0.5, 0.6) is 5.75 Å². The van der Waals surface area contributed by atoms with Crippen molar-refractivity contribution in [1.29, 1.82) is 0 Å². The van der Waals surface area contributed by atoms with E-state index in [2.05, 4.69) is 10.3 Å². The summed E-state index contributed by atoms with van der Waals surface area (Å²) in [4.78, 5) is 14.1. The Balaban J connectivity index is 1.91. The highest BCUT2D eigenvalue weighted by Crippen LogP contribution is 2.09. The van der Waals surface area contributed by atoms with Crippen LogP contribution in [0.1, 0.15) is 6.42 Å². The van der Waals surface area contributed by atoms with E-state index in [1.54, 1.807) is 12.4 Å². The molecule has 4 heteroatoms. The van der Waals surface area contributed by atoms with Crippen molar-refractivity contribution in [2.75, 3.05) is 19.7 Å². The van der Waals surface area contributed by atoms with Gasteiger partial charge in [-0.15, -0.1) is 0 Å². The highest BCUT2D eigenvalue weighted by Gasteiger charge is 2.15. The molecule has 1 saturated heterocycles. The molecule has 2 N–H and O–H groups in total. The number of nitrogens with one attached hydrogen (secondary N) is 2. The number of ether oxygens (including phenoxy) is 1. The Kier molecular flexibility index (Phi) is 2.84. The fourth-order valence-corrected chi connectivity index (χ4v) is 1.58. The zero-order chi connectivity index (χ0) is 9.80. The third-order valence-electron chi connectivity index (χ3n) is 2.43. The van der Waals surface area contributed by atoms with Crippen LogP contribution in [0.15, 0.2) is 23.3 Å². The zero-order valence-electron chi connectivity index (χ0n) is 7.95. The Morgan fingerprint density at radius 2 is 2.50 bits per heavy atom. The topological polar surface area (TPSA) is 54.1 Å². The maximum absolute atomic E-state index is 11.3. The van der Waals surface area contributed by atoms with Crippen molar-refractivity contribution in [3.63, 3.8) is 0 Å². The Labute approximate surface area is 82.3 Å². The molecule has 1 aromatic rings. The molecule has 0 aliphatic carbocycles. The van der Waals surface area contributed by atoms with Crippen LogP contribution >= 0.6 is 0 Å². The second-order valence-corrected chi connectivity index (χ2v) is 3.54. The molecule has 0 amide bonds. The van der Waals surface area contributed by atoms with Crippen molar-refractivity contribution in [2.45, 2.75) is 6.42 Å². The van der Waals surface area contributed by atoms with Gasteiger partial charge in [-0.2, -0.15) is 0 Å². The quantitative estimate of drug-likeness (QED) is 0.730. The predicted molar refractivity (Wildman–Crippen MR) is 53.5 cm³/mol. The van der Waals surface area contributed by atoms with Crippen molar-refractivity contribution in [3.8, 4) is 5.75 Å². The molecule has 4 nitrogen and oxygen atoms in total. The number of hydrogen-bond acceptors (Lipinski definition) is 3. The molecule has 1 aliphatic heterocycles. The molecule has 1 unspecified atom stereocenters. The van der Waals surface area contributed by atoms with Gasteiger partial charge in [0.05, 0.1) is 6.61 Å². The van der Waals surface area contributed by atoms with Gasteiger partial charge in [0.2, 0.25) is 5.43 Å². The minimum Gasteiger partial charge on any atom is -0.488 e. The van der Waals surface area contributed by atoms with Crippen molar-refractivity contribution >= 4 is 0 Å². The van der Waals surface area contributed by atoms with Crippen LogP contribution in [0.25, 0.3) is 0 Å². The third kappa shape index (κ3) is 2.14. The van der Waals surface area contributed by atoms with Gasteiger partial charge in [-0.25, -0.2) is 0 Å². The standard InChI is InChI=1S/C10H14N2O2/c13-9-2-4-12-6-10(9)14-7-8-1-3-11-5-8/h2,4,6,8,11H,1,3,5,7H2,(H,12,13). The van der Waals surface area contributed by atoms with Crippen LogP contribution in [-0.4, -0.2) is 24.7 Å². The summed E-state index contributed by atoms with van der Waals surface area (Å²) in [6.07, 6.45) is 4.34. The minimum absolute atomic E-state index is 0.0605. The summed E-state index contributed by atoms with van der Waals surface area (Å²) in [5.74, 6) is 0.953. The fourth-order valence-electron chi connectivity index (χ4n) is 1.58. The van der Waals surface area contributed by atoms with Crippen LogP contribution < -0.4 is 15.5 Å². The number of aromatic amines is 1. The lowest BCUT2D eigenvalue weighted by atomic mass is 10.1. The van der Waals surface area contributed by atoms with Crippen molar-refractivity contribution in [1.82, 2.24) is 10.3 Å². The van der Waals surface area contributed by atoms with Gasteiger partial charge in [0, 0.05) is 30.9 Å². The molecule has 1 atom stereocenters. The highest BCUT2D eigenvalue weighted by molar-refractivity contribution is 5.15. The lowest BCUT2D eigenvalue weighted by molar-refractivity contribution is 0.257. The molecule has 2 heterocycles. The summed E-state index contributed by atoms with van der Waals surface area (Å²) in [6.45, 7) is 2.67. The summed E-state index contributed by atoms with van der Waals surface area (Å²) < 4.78 is 5.44. The first-order valence-corrected chi connectivity index (χ1v) is 4.87. The molecule has 1 aromatic heterocycles. The Hall–Kier alpha value is -1.29. The minimum atomic E-state index is -0.0605. The van der Waals surface area contributed by atoms with E-state index in [0.717, 1.165) is 19.5 Å². The molecule has 2 rings (SSSR count). The van der Waals surface area contributed by atoms with Crippen LogP contribution in [0.3, 0.4) is 0 Å². The molecule has 76 valence electrons. The van der Waals surface area contributed by atoms with Crippen molar-refractivity contribution in [3.05, 3.63) is 28.7 Å². The number of H-pyrrole nitrogens is 1. The van der Waals surface area contributed by atoms with Gasteiger partial charge >= 0.3 is 0 Å². The molecule has 0 aromatic carbocycles. The first-order chi connectivity index (χ1) is 6.86. The van der Waals surface area contributed by atoms with E-state index < -0.39 is 0 Å². The summed E-state index contributed by atoms with van der Waals surface area (Å²) in [6, 6.07) is 1.47. The van der Waals surface area contributed by atoms with E-state index in [-0.39, 0.29) is 5.43 Å². The number of aromatic nitrogens is 1. The average molecular weight is 194 g/mol. The zero-order valence-corrected chi connectivity index (χ0v) is 7.95. The molecule has 1 aliphatic rings. The smallest absolute Gasteiger partial charge is 0.223 e. The summed E-state index contributed by atoms with van der Waals surface area (Å²) >= 11 is 0. The van der Waals surface area contributed by atoms with E-state index in [0.29, 0.717) is 18.3 Å². The second-order valence-electron chi connectivity index (χ2n) is 3.54. The average Bonchev–Trinajstić information content (AvgIpc) is 2.69. The first-order valence-electron chi connectivity index (χ1n) is 4.87. The fraction of sp³-hybridized carbons (Fsp3) is 0.500. The van der Waals surface area contributed by atoms with Gasteiger partial charge < -0.3 is 15.0 Å². The largest absolute Gasteiger partial charge is 0.488 e. The second kappa shape index (κ2) is 4.28. The van der Waals surface area contributed by atoms with Gasteiger partial charge in [0.25, 0.3) is 0 Å². The van der Waals surface area contributed by atoms with Gasteiger partial charge in [-0.05, 0) is 13.0 Å². The third-order valence-corrected chi connectivity index (χ3v) is 2.43. The van der Waals surface area contributed by atoms with Gasteiger partial charge in [0.1, 0.15) is 0 Å². The van der Waals surface area contributed by atoms with Crippen LogP contribution in [0.4, 0.5) is 0 Å². The Morgan fingerprint density at radius 1 is 1.57 bits per heavy atom. The lowest BCUT2D eigenvalue weighted by Crippen LogP contribution is -2.17. The molecule has 0 saturated carbocycles. The van der Waals surface area contributed by atoms with Crippen LogP contribution in [0.2, 0.25) is 0 Å². The Bertz CT molecular complexity index is 342. The van der Waals surface area contributed by atoms with Crippen molar-refractivity contribution < 1.29 is 4.74 Å². The maximum atomic E-state index is 11.3. The molecule has 1 fully saturated rings. The first kappa shape index (κ1) is 9.27. The van der Waals surface area contributed by atoms with E-state index in [1.165, 1.54) is 6.07 Å². The van der Waals surface area contributed by atoms with E-state index in [4.69, 9.17) is 4.74 Å². The van der Waals surface area contributed by atoms with Gasteiger partial charge in [-0.1, -0.05) is 0 Å². The van der Waals surface area contributed by atoms with E-state index in [9.17, 15) is 4.79 Å². The molecule has 0 bridgehead atoms. The van der Waals surface area contributed by atoms with Gasteiger partial charge in [0.15, 0.2) is 5.75 Å². The summed E-state index contributed by atoms with van der Waals surface area (Å²) in [7, 11) is 0. The van der Waals surface area contributed by atoms with Crippen LogP contribution in [0, 0.1) is 5.92 Å². The molecule has 0 radical (unpaired) electrons. The predicted octanol–water partition coefficient (Wildman–Crippen LogP) is 0.363.